The number of piperidine rings is 1. The highest BCUT2D eigenvalue weighted by Crippen LogP contribution is 2.32. The second kappa shape index (κ2) is 8.92. The summed E-state index contributed by atoms with van der Waals surface area (Å²) in [5.74, 6) is 2.10. The molecular formula is C20H29N3O3. The van der Waals surface area contributed by atoms with Crippen LogP contribution in [0.4, 0.5) is 0 Å². The Balaban J connectivity index is 1.59. The van der Waals surface area contributed by atoms with Crippen molar-refractivity contribution in [2.24, 2.45) is 10.9 Å². The highest BCUT2D eigenvalue weighted by atomic mass is 16.5. The zero-order chi connectivity index (χ0) is 18.4. The molecule has 2 unspecified atom stereocenters. The number of nitrogens with one attached hydrogen (secondary N) is 1. The molecule has 6 nitrogen and oxygen atoms in total. The first kappa shape index (κ1) is 18.5. The Hall–Kier alpha value is -2.24. The molecule has 0 aromatic heterocycles. The van der Waals surface area contributed by atoms with Crippen LogP contribution in [0.3, 0.4) is 0 Å². The molecule has 1 aromatic rings. The molecule has 2 atom stereocenters. The Morgan fingerprint density at radius 2 is 2.23 bits per heavy atom. The van der Waals surface area contributed by atoms with Gasteiger partial charge < -0.3 is 19.7 Å². The largest absolute Gasteiger partial charge is 0.493 e. The Morgan fingerprint density at radius 3 is 3.04 bits per heavy atom. The van der Waals surface area contributed by atoms with Gasteiger partial charge in [0.15, 0.2) is 5.96 Å². The second-order valence-corrected chi connectivity index (χ2v) is 6.84. The Bertz CT molecular complexity index is 647. The van der Waals surface area contributed by atoms with Gasteiger partial charge in [-0.1, -0.05) is 18.2 Å². The van der Waals surface area contributed by atoms with Crippen LogP contribution in [0.1, 0.15) is 37.7 Å². The van der Waals surface area contributed by atoms with Crippen molar-refractivity contribution in [1.29, 1.82) is 0 Å². The van der Waals surface area contributed by atoms with E-state index < -0.39 is 0 Å². The van der Waals surface area contributed by atoms with E-state index in [1.165, 1.54) is 5.56 Å². The van der Waals surface area contributed by atoms with Gasteiger partial charge in [-0.3, -0.25) is 9.79 Å². The lowest BCUT2D eigenvalue weighted by Gasteiger charge is -2.35. The lowest BCUT2D eigenvalue weighted by molar-refractivity contribution is -0.149. The van der Waals surface area contributed by atoms with Gasteiger partial charge in [0.1, 0.15) is 5.75 Å². The molecule has 6 heteroatoms. The molecule has 142 valence electrons. The number of carbonyl (C=O) groups excluding carboxylic acids is 1. The summed E-state index contributed by atoms with van der Waals surface area (Å²) in [6.45, 7) is 5.43. The summed E-state index contributed by atoms with van der Waals surface area (Å²) in [5.41, 5.74) is 1.25. The van der Waals surface area contributed by atoms with Crippen LogP contribution in [0.25, 0.3) is 0 Å². The predicted octanol–water partition coefficient (Wildman–Crippen LogP) is 2.40. The molecule has 0 aliphatic carbocycles. The van der Waals surface area contributed by atoms with Crippen molar-refractivity contribution in [2.75, 3.05) is 39.9 Å². The summed E-state index contributed by atoms with van der Waals surface area (Å²) in [6.07, 6.45) is 2.86. The lowest BCUT2D eigenvalue weighted by atomic mass is 9.93. The molecule has 0 amide bonds. The number of para-hydroxylation sites is 1. The van der Waals surface area contributed by atoms with Crippen LogP contribution in [0.5, 0.6) is 5.75 Å². The quantitative estimate of drug-likeness (QED) is 0.508. The lowest BCUT2D eigenvalue weighted by Crippen LogP contribution is -2.49. The average molecular weight is 359 g/mol. The smallest absolute Gasteiger partial charge is 0.310 e. The fourth-order valence-corrected chi connectivity index (χ4v) is 3.80. The first-order valence-electron chi connectivity index (χ1n) is 9.56. The molecule has 0 radical (unpaired) electrons. The third-order valence-electron chi connectivity index (χ3n) is 5.14. The number of rotatable bonds is 4. The van der Waals surface area contributed by atoms with Crippen molar-refractivity contribution in [3.05, 3.63) is 29.8 Å². The standard InChI is InChI=1S/C20H29N3O3/c1-3-25-19(24)16-7-6-11-23(14-16)20(21-2)22-13-15-10-12-26-18-9-5-4-8-17(15)18/h4-5,8-9,15-16H,3,6-7,10-14H2,1-2H3,(H,21,22). The number of nitrogens with zero attached hydrogens (tertiary/aromatic N) is 2. The van der Waals surface area contributed by atoms with Crippen LogP contribution < -0.4 is 10.1 Å². The fraction of sp³-hybridized carbons (Fsp3) is 0.600. The van der Waals surface area contributed by atoms with Crippen LogP contribution in [0.2, 0.25) is 0 Å². The maximum atomic E-state index is 12.1. The number of esters is 1. The molecule has 0 spiro atoms. The molecule has 1 saturated heterocycles. The van der Waals surface area contributed by atoms with Crippen molar-refractivity contribution in [3.63, 3.8) is 0 Å². The first-order chi connectivity index (χ1) is 12.7. The van der Waals surface area contributed by atoms with Gasteiger partial charge >= 0.3 is 5.97 Å². The Morgan fingerprint density at radius 1 is 1.38 bits per heavy atom. The molecule has 0 saturated carbocycles. The normalized spacial score (nSPS) is 23.0. The minimum atomic E-state index is -0.0917. The van der Waals surface area contributed by atoms with Crippen LogP contribution in [0, 0.1) is 5.92 Å². The minimum Gasteiger partial charge on any atom is -0.493 e. The maximum Gasteiger partial charge on any atom is 0.310 e. The van der Waals surface area contributed by atoms with E-state index in [4.69, 9.17) is 9.47 Å². The number of aliphatic imine (C=N–C) groups is 1. The molecule has 1 N–H and O–H groups in total. The number of fused-ring (bicyclic) bond motifs is 1. The topological polar surface area (TPSA) is 63.2 Å². The third-order valence-corrected chi connectivity index (χ3v) is 5.14. The van der Waals surface area contributed by atoms with Crippen molar-refractivity contribution < 1.29 is 14.3 Å². The number of guanidine groups is 1. The Labute approximate surface area is 155 Å². The van der Waals surface area contributed by atoms with Gasteiger partial charge in [-0.2, -0.15) is 0 Å². The first-order valence-corrected chi connectivity index (χ1v) is 9.56. The van der Waals surface area contributed by atoms with Crippen molar-refractivity contribution in [2.45, 2.75) is 32.1 Å². The summed E-state index contributed by atoms with van der Waals surface area (Å²) in [4.78, 5) is 18.7. The summed E-state index contributed by atoms with van der Waals surface area (Å²) < 4.78 is 10.9. The number of hydrogen-bond donors (Lipinski definition) is 1. The van der Waals surface area contributed by atoms with Crippen molar-refractivity contribution in [1.82, 2.24) is 10.2 Å². The van der Waals surface area contributed by atoms with E-state index in [0.29, 0.717) is 19.1 Å². The SMILES string of the molecule is CCOC(=O)C1CCCN(C(=NC)NCC2CCOc3ccccc32)C1. The van der Waals surface area contributed by atoms with E-state index in [-0.39, 0.29) is 11.9 Å². The van der Waals surface area contributed by atoms with E-state index in [1.54, 1.807) is 7.05 Å². The molecule has 1 aromatic carbocycles. The van der Waals surface area contributed by atoms with E-state index >= 15 is 0 Å². The molecule has 3 rings (SSSR count). The summed E-state index contributed by atoms with van der Waals surface area (Å²) in [7, 11) is 1.80. The van der Waals surface area contributed by atoms with Gasteiger partial charge in [-0.25, -0.2) is 0 Å². The van der Waals surface area contributed by atoms with E-state index in [0.717, 1.165) is 50.7 Å². The molecule has 26 heavy (non-hydrogen) atoms. The van der Waals surface area contributed by atoms with Crippen LogP contribution in [0.15, 0.2) is 29.3 Å². The minimum absolute atomic E-state index is 0.0638. The van der Waals surface area contributed by atoms with Gasteiger partial charge in [-0.05, 0) is 37.8 Å². The van der Waals surface area contributed by atoms with E-state index in [2.05, 4.69) is 27.3 Å². The van der Waals surface area contributed by atoms with E-state index in [9.17, 15) is 4.79 Å². The van der Waals surface area contributed by atoms with Gasteiger partial charge in [0, 0.05) is 32.6 Å². The van der Waals surface area contributed by atoms with Gasteiger partial charge in [0.05, 0.1) is 19.1 Å². The molecular weight excluding hydrogens is 330 g/mol. The van der Waals surface area contributed by atoms with Crippen molar-refractivity contribution in [3.8, 4) is 5.75 Å². The summed E-state index contributed by atoms with van der Waals surface area (Å²) in [6, 6.07) is 8.24. The Kier molecular flexibility index (Phi) is 6.36. The zero-order valence-corrected chi connectivity index (χ0v) is 15.7. The molecule has 1 fully saturated rings. The zero-order valence-electron chi connectivity index (χ0n) is 15.7. The number of ether oxygens (including phenoxy) is 2. The van der Waals surface area contributed by atoms with Crippen LogP contribution in [-0.4, -0.2) is 56.7 Å². The highest BCUT2D eigenvalue weighted by Gasteiger charge is 2.29. The number of likely N-dealkylation sites (tertiary alicyclic amines) is 1. The maximum absolute atomic E-state index is 12.1. The summed E-state index contributed by atoms with van der Waals surface area (Å²) >= 11 is 0. The number of hydrogen-bond acceptors (Lipinski definition) is 4. The van der Waals surface area contributed by atoms with Gasteiger partial charge in [-0.15, -0.1) is 0 Å². The average Bonchev–Trinajstić information content (AvgIpc) is 2.69. The predicted molar refractivity (Wildman–Crippen MR) is 102 cm³/mol. The second-order valence-electron chi connectivity index (χ2n) is 6.84. The van der Waals surface area contributed by atoms with Gasteiger partial charge in [0.2, 0.25) is 0 Å². The summed E-state index contributed by atoms with van der Waals surface area (Å²) in [5, 5.41) is 3.51. The molecule has 2 aliphatic rings. The molecule has 0 bridgehead atoms. The molecule has 2 heterocycles. The van der Waals surface area contributed by atoms with E-state index in [1.807, 2.05) is 19.1 Å². The number of carbonyl (C=O) groups is 1. The monoisotopic (exact) mass is 359 g/mol. The van der Waals surface area contributed by atoms with Crippen LogP contribution >= 0.6 is 0 Å². The fourth-order valence-electron chi connectivity index (χ4n) is 3.80. The van der Waals surface area contributed by atoms with Crippen LogP contribution in [-0.2, 0) is 9.53 Å². The van der Waals surface area contributed by atoms with Gasteiger partial charge in [0.25, 0.3) is 0 Å². The van der Waals surface area contributed by atoms with Crippen molar-refractivity contribution >= 4 is 11.9 Å². The highest BCUT2D eigenvalue weighted by molar-refractivity contribution is 5.81. The third kappa shape index (κ3) is 4.29. The molecule has 2 aliphatic heterocycles. The number of benzene rings is 1.